The smallest absolute Gasteiger partial charge is 0.256 e. The van der Waals surface area contributed by atoms with Gasteiger partial charge in [-0.3, -0.25) is 4.79 Å². The summed E-state index contributed by atoms with van der Waals surface area (Å²) in [6, 6.07) is 7.33. The molecule has 2 aromatic rings. The van der Waals surface area contributed by atoms with Gasteiger partial charge < -0.3 is 5.32 Å². The minimum atomic E-state index is -0.464. The number of pyridine rings is 1. The van der Waals surface area contributed by atoms with Gasteiger partial charge in [-0.05, 0) is 62.2 Å². The lowest BCUT2D eigenvalue weighted by molar-refractivity contribution is 0.102. The second-order valence-electron chi connectivity index (χ2n) is 3.42. The zero-order chi connectivity index (χ0) is 13.1. The number of rotatable bonds is 2. The van der Waals surface area contributed by atoms with Crippen molar-refractivity contribution in [2.24, 2.45) is 0 Å². The van der Waals surface area contributed by atoms with Crippen molar-refractivity contribution < 1.29 is 9.18 Å². The maximum absolute atomic E-state index is 13.1. The Morgan fingerprint density at radius 2 is 2.06 bits per heavy atom. The first-order valence-electron chi connectivity index (χ1n) is 4.95. The Morgan fingerprint density at radius 3 is 2.78 bits per heavy atom. The van der Waals surface area contributed by atoms with Crippen LogP contribution in [0.5, 0.6) is 0 Å². The van der Waals surface area contributed by atoms with E-state index in [0.29, 0.717) is 14.8 Å². The number of halogens is 3. The molecule has 0 saturated heterocycles. The van der Waals surface area contributed by atoms with E-state index in [2.05, 4.69) is 42.2 Å². The number of hydrogen-bond donors (Lipinski definition) is 1. The minimum absolute atomic E-state index is 0.228. The van der Waals surface area contributed by atoms with E-state index < -0.39 is 11.7 Å². The lowest BCUT2D eigenvalue weighted by Crippen LogP contribution is -2.13. The number of aromatic nitrogens is 1. The highest BCUT2D eigenvalue weighted by molar-refractivity contribution is 9.10. The SMILES string of the molecule is O=C(Nc1cccnc1Br)c1cc(F)ccc1Br. The number of nitrogens with one attached hydrogen (secondary N) is 1. The molecule has 0 atom stereocenters. The van der Waals surface area contributed by atoms with E-state index in [4.69, 9.17) is 0 Å². The standard InChI is InChI=1S/C12H7Br2FN2O/c13-9-4-3-7(15)6-8(9)12(18)17-10-2-1-5-16-11(10)14/h1-6H,(H,17,18). The van der Waals surface area contributed by atoms with Crippen LogP contribution in [0.15, 0.2) is 45.6 Å². The maximum Gasteiger partial charge on any atom is 0.256 e. The number of carbonyl (C=O) groups is 1. The summed E-state index contributed by atoms with van der Waals surface area (Å²) in [4.78, 5) is 16.0. The number of hydrogen-bond acceptors (Lipinski definition) is 2. The van der Waals surface area contributed by atoms with Crippen molar-refractivity contribution in [3.05, 3.63) is 57.0 Å². The summed E-state index contributed by atoms with van der Waals surface area (Å²) in [6.07, 6.45) is 1.60. The predicted molar refractivity (Wildman–Crippen MR) is 74.0 cm³/mol. The molecule has 1 N–H and O–H groups in total. The highest BCUT2D eigenvalue weighted by Crippen LogP contribution is 2.22. The molecule has 0 spiro atoms. The average molecular weight is 374 g/mol. The number of nitrogens with zero attached hydrogens (tertiary/aromatic N) is 1. The second-order valence-corrected chi connectivity index (χ2v) is 5.03. The first kappa shape index (κ1) is 13.2. The van der Waals surface area contributed by atoms with Gasteiger partial charge in [0.05, 0.1) is 11.3 Å². The zero-order valence-corrected chi connectivity index (χ0v) is 12.1. The van der Waals surface area contributed by atoms with Gasteiger partial charge in [0, 0.05) is 10.7 Å². The molecule has 92 valence electrons. The van der Waals surface area contributed by atoms with Crippen molar-refractivity contribution in [3.63, 3.8) is 0 Å². The molecule has 3 nitrogen and oxygen atoms in total. The molecule has 6 heteroatoms. The Hall–Kier alpha value is -1.27. The van der Waals surface area contributed by atoms with Crippen LogP contribution in [0.4, 0.5) is 10.1 Å². The van der Waals surface area contributed by atoms with Crippen LogP contribution in [-0.4, -0.2) is 10.9 Å². The van der Waals surface area contributed by atoms with E-state index in [1.54, 1.807) is 18.3 Å². The van der Waals surface area contributed by atoms with Crippen LogP contribution in [0.1, 0.15) is 10.4 Å². The van der Waals surface area contributed by atoms with E-state index in [1.807, 2.05) is 0 Å². The zero-order valence-electron chi connectivity index (χ0n) is 8.95. The van der Waals surface area contributed by atoms with Crippen LogP contribution in [0.25, 0.3) is 0 Å². The Bertz CT molecular complexity index is 604. The number of anilines is 1. The summed E-state index contributed by atoms with van der Waals surface area (Å²) in [5, 5.41) is 2.65. The third kappa shape index (κ3) is 2.94. The van der Waals surface area contributed by atoms with E-state index in [-0.39, 0.29) is 5.56 Å². The molecule has 0 unspecified atom stereocenters. The third-order valence-corrected chi connectivity index (χ3v) is 3.50. The highest BCUT2D eigenvalue weighted by Gasteiger charge is 2.12. The first-order chi connectivity index (χ1) is 8.58. The summed E-state index contributed by atoms with van der Waals surface area (Å²) < 4.78 is 14.2. The monoisotopic (exact) mass is 372 g/mol. The van der Waals surface area contributed by atoms with Crippen LogP contribution in [0, 0.1) is 5.82 Å². The van der Waals surface area contributed by atoms with Gasteiger partial charge in [-0.15, -0.1) is 0 Å². The highest BCUT2D eigenvalue weighted by atomic mass is 79.9. The van der Waals surface area contributed by atoms with E-state index in [0.717, 1.165) is 0 Å². The Balaban J connectivity index is 2.28. The van der Waals surface area contributed by atoms with E-state index in [9.17, 15) is 9.18 Å². The number of benzene rings is 1. The molecule has 0 aliphatic heterocycles. The van der Waals surface area contributed by atoms with Crippen molar-refractivity contribution in [2.45, 2.75) is 0 Å². The molecule has 2 rings (SSSR count). The molecule has 1 amide bonds. The Morgan fingerprint density at radius 1 is 1.28 bits per heavy atom. The molecular weight excluding hydrogens is 367 g/mol. The third-order valence-electron chi connectivity index (χ3n) is 2.18. The largest absolute Gasteiger partial charge is 0.320 e. The molecule has 0 aliphatic rings. The van der Waals surface area contributed by atoms with Crippen LogP contribution < -0.4 is 5.32 Å². The van der Waals surface area contributed by atoms with Crippen molar-refractivity contribution in [1.82, 2.24) is 4.98 Å². The maximum atomic E-state index is 13.1. The summed E-state index contributed by atoms with van der Waals surface area (Å²) in [6.45, 7) is 0. The van der Waals surface area contributed by atoms with Gasteiger partial charge >= 0.3 is 0 Å². The molecule has 1 aromatic carbocycles. The van der Waals surface area contributed by atoms with Crippen molar-refractivity contribution in [2.75, 3.05) is 5.32 Å². The van der Waals surface area contributed by atoms with E-state index >= 15 is 0 Å². The Kier molecular flexibility index (Phi) is 4.08. The number of carbonyl (C=O) groups excluding carboxylic acids is 1. The average Bonchev–Trinajstić information content (AvgIpc) is 2.35. The second kappa shape index (κ2) is 5.58. The quantitative estimate of drug-likeness (QED) is 0.808. The summed E-state index contributed by atoms with van der Waals surface area (Å²) in [7, 11) is 0. The molecule has 0 bridgehead atoms. The summed E-state index contributed by atoms with van der Waals surface area (Å²) >= 11 is 6.43. The number of amides is 1. The Labute approximate surface area is 120 Å². The fourth-order valence-corrected chi connectivity index (χ4v) is 2.12. The van der Waals surface area contributed by atoms with E-state index in [1.165, 1.54) is 18.2 Å². The summed E-state index contributed by atoms with van der Waals surface area (Å²) in [5.41, 5.74) is 0.754. The molecular formula is C12H7Br2FN2O. The molecule has 1 heterocycles. The van der Waals surface area contributed by atoms with Crippen molar-refractivity contribution in [3.8, 4) is 0 Å². The lowest BCUT2D eigenvalue weighted by Gasteiger charge is -2.07. The van der Waals surface area contributed by atoms with Gasteiger partial charge in [0.15, 0.2) is 0 Å². The molecule has 0 fully saturated rings. The van der Waals surface area contributed by atoms with Crippen LogP contribution in [0.2, 0.25) is 0 Å². The fraction of sp³-hybridized carbons (Fsp3) is 0. The van der Waals surface area contributed by atoms with Crippen LogP contribution in [-0.2, 0) is 0 Å². The fourth-order valence-electron chi connectivity index (χ4n) is 1.34. The van der Waals surface area contributed by atoms with Gasteiger partial charge in [-0.25, -0.2) is 9.37 Å². The minimum Gasteiger partial charge on any atom is -0.320 e. The van der Waals surface area contributed by atoms with Crippen molar-refractivity contribution >= 4 is 43.5 Å². The molecule has 18 heavy (non-hydrogen) atoms. The van der Waals surface area contributed by atoms with Gasteiger partial charge in [-0.2, -0.15) is 0 Å². The first-order valence-corrected chi connectivity index (χ1v) is 6.53. The van der Waals surface area contributed by atoms with Crippen LogP contribution >= 0.6 is 31.9 Å². The van der Waals surface area contributed by atoms with Crippen LogP contribution in [0.3, 0.4) is 0 Å². The molecule has 0 aliphatic carbocycles. The van der Waals surface area contributed by atoms with Gasteiger partial charge in [0.1, 0.15) is 10.4 Å². The predicted octanol–water partition coefficient (Wildman–Crippen LogP) is 4.00. The van der Waals surface area contributed by atoms with Gasteiger partial charge in [-0.1, -0.05) is 0 Å². The molecule has 0 saturated carbocycles. The molecule has 0 radical (unpaired) electrons. The molecule has 1 aromatic heterocycles. The van der Waals surface area contributed by atoms with Gasteiger partial charge in [0.2, 0.25) is 0 Å². The summed E-state index contributed by atoms with van der Waals surface area (Å²) in [5.74, 6) is -0.872. The lowest BCUT2D eigenvalue weighted by atomic mass is 10.2. The normalized spacial score (nSPS) is 10.2. The van der Waals surface area contributed by atoms with Gasteiger partial charge in [0.25, 0.3) is 5.91 Å². The van der Waals surface area contributed by atoms with Crippen molar-refractivity contribution in [1.29, 1.82) is 0 Å². The topological polar surface area (TPSA) is 42.0 Å².